The van der Waals surface area contributed by atoms with Crippen LogP contribution >= 0.6 is 0 Å². The van der Waals surface area contributed by atoms with E-state index in [1.807, 2.05) is 23.1 Å². The molecular weight excluding hydrogens is 314 g/mol. The summed E-state index contributed by atoms with van der Waals surface area (Å²) in [5.74, 6) is 0.936. The van der Waals surface area contributed by atoms with Crippen LogP contribution in [0.2, 0.25) is 0 Å². The second-order valence-electron chi connectivity index (χ2n) is 6.90. The summed E-state index contributed by atoms with van der Waals surface area (Å²) in [6.45, 7) is 4.19. The van der Waals surface area contributed by atoms with Gasteiger partial charge in [-0.05, 0) is 55.6 Å². The van der Waals surface area contributed by atoms with Gasteiger partial charge in [0.1, 0.15) is 5.76 Å². The SMILES string of the molecule is O=C(NC[C@@H](c1ccco1)N1CCCC1)N1CCc2ccccc2C1. The highest BCUT2D eigenvalue weighted by atomic mass is 16.3. The van der Waals surface area contributed by atoms with Crippen molar-refractivity contribution in [3.8, 4) is 0 Å². The van der Waals surface area contributed by atoms with Gasteiger partial charge in [-0.2, -0.15) is 0 Å². The molecule has 25 heavy (non-hydrogen) atoms. The van der Waals surface area contributed by atoms with Gasteiger partial charge in [0, 0.05) is 19.6 Å². The fraction of sp³-hybridized carbons (Fsp3) is 0.450. The number of fused-ring (bicyclic) bond motifs is 1. The third kappa shape index (κ3) is 3.56. The van der Waals surface area contributed by atoms with Crippen LogP contribution in [0.5, 0.6) is 0 Å². The van der Waals surface area contributed by atoms with Crippen LogP contribution in [0.15, 0.2) is 47.1 Å². The Bertz CT molecular complexity index is 707. The zero-order valence-electron chi connectivity index (χ0n) is 14.5. The maximum atomic E-state index is 12.7. The first-order chi connectivity index (χ1) is 12.3. The Morgan fingerprint density at radius 2 is 1.88 bits per heavy atom. The molecule has 1 aromatic heterocycles. The molecule has 132 valence electrons. The van der Waals surface area contributed by atoms with E-state index >= 15 is 0 Å². The first-order valence-corrected chi connectivity index (χ1v) is 9.18. The lowest BCUT2D eigenvalue weighted by Gasteiger charge is -2.31. The van der Waals surface area contributed by atoms with Crippen molar-refractivity contribution in [3.05, 3.63) is 59.5 Å². The third-order valence-electron chi connectivity index (χ3n) is 5.32. The number of carbonyl (C=O) groups is 1. The Balaban J connectivity index is 1.38. The maximum absolute atomic E-state index is 12.7. The standard InChI is InChI=1S/C20H25N3O2/c24-20(23-12-9-16-6-1-2-7-17(16)15-23)21-14-18(19-8-5-13-25-19)22-10-3-4-11-22/h1-2,5-8,13,18H,3-4,9-12,14-15H2,(H,21,24)/t18-/m0/s1. The van der Waals surface area contributed by atoms with Crippen LogP contribution < -0.4 is 5.32 Å². The van der Waals surface area contributed by atoms with Crippen LogP contribution in [0, 0.1) is 0 Å². The van der Waals surface area contributed by atoms with Crippen LogP contribution in [0.1, 0.15) is 35.8 Å². The van der Waals surface area contributed by atoms with Gasteiger partial charge in [0.25, 0.3) is 0 Å². The number of rotatable bonds is 4. The van der Waals surface area contributed by atoms with Gasteiger partial charge in [0.15, 0.2) is 0 Å². The predicted molar refractivity (Wildman–Crippen MR) is 96.2 cm³/mol. The van der Waals surface area contributed by atoms with Gasteiger partial charge in [-0.1, -0.05) is 24.3 Å². The molecule has 2 aromatic rings. The van der Waals surface area contributed by atoms with Gasteiger partial charge in [0.05, 0.1) is 12.3 Å². The second-order valence-corrected chi connectivity index (χ2v) is 6.90. The first kappa shape index (κ1) is 16.2. The molecule has 1 fully saturated rings. The lowest BCUT2D eigenvalue weighted by Crippen LogP contribution is -2.45. The molecule has 0 bridgehead atoms. The fourth-order valence-corrected chi connectivity index (χ4v) is 3.91. The Kier molecular flexibility index (Phi) is 4.74. The zero-order valence-corrected chi connectivity index (χ0v) is 14.5. The molecule has 1 N–H and O–H groups in total. The van der Waals surface area contributed by atoms with Gasteiger partial charge in [-0.25, -0.2) is 4.79 Å². The smallest absolute Gasteiger partial charge is 0.317 e. The Morgan fingerprint density at radius 3 is 2.64 bits per heavy atom. The van der Waals surface area contributed by atoms with Crippen molar-refractivity contribution in [2.45, 2.75) is 31.8 Å². The highest BCUT2D eigenvalue weighted by Gasteiger charge is 2.27. The molecule has 1 atom stereocenters. The highest BCUT2D eigenvalue weighted by Crippen LogP contribution is 2.25. The minimum absolute atomic E-state index is 0.0188. The van der Waals surface area contributed by atoms with Crippen LogP contribution in [0.25, 0.3) is 0 Å². The maximum Gasteiger partial charge on any atom is 0.317 e. The minimum atomic E-state index is 0.0188. The average Bonchev–Trinajstić information content (AvgIpc) is 3.36. The summed E-state index contributed by atoms with van der Waals surface area (Å²) in [5.41, 5.74) is 2.61. The van der Waals surface area contributed by atoms with E-state index in [9.17, 15) is 4.79 Å². The molecule has 0 spiro atoms. The van der Waals surface area contributed by atoms with Crippen LogP contribution in [-0.4, -0.2) is 42.0 Å². The molecule has 5 nitrogen and oxygen atoms in total. The molecule has 2 aliphatic rings. The molecule has 1 aromatic carbocycles. The average molecular weight is 339 g/mol. The van der Waals surface area contributed by atoms with Crippen LogP contribution in [0.4, 0.5) is 4.79 Å². The first-order valence-electron chi connectivity index (χ1n) is 9.18. The van der Waals surface area contributed by atoms with E-state index in [2.05, 4.69) is 28.4 Å². The summed E-state index contributed by atoms with van der Waals surface area (Å²) < 4.78 is 5.63. The second kappa shape index (κ2) is 7.31. The lowest BCUT2D eigenvalue weighted by molar-refractivity contribution is 0.177. The van der Waals surface area contributed by atoms with E-state index in [1.54, 1.807) is 6.26 Å². The lowest BCUT2D eigenvalue weighted by atomic mass is 10.0. The number of furan rings is 1. The van der Waals surface area contributed by atoms with Crippen molar-refractivity contribution in [1.82, 2.24) is 15.1 Å². The molecule has 0 saturated carbocycles. The quantitative estimate of drug-likeness (QED) is 0.931. The predicted octanol–water partition coefficient (Wildman–Crippen LogP) is 3.18. The Hall–Kier alpha value is -2.27. The van der Waals surface area contributed by atoms with Gasteiger partial charge >= 0.3 is 6.03 Å². The summed E-state index contributed by atoms with van der Waals surface area (Å²) in [5, 5.41) is 3.13. The van der Waals surface area contributed by atoms with Crippen molar-refractivity contribution in [2.24, 2.45) is 0 Å². The van der Waals surface area contributed by atoms with Gasteiger partial charge < -0.3 is 14.6 Å². The summed E-state index contributed by atoms with van der Waals surface area (Å²) in [6, 6.07) is 12.5. The van der Waals surface area contributed by atoms with Crippen molar-refractivity contribution in [2.75, 3.05) is 26.2 Å². The molecule has 3 heterocycles. The number of hydrogen-bond acceptors (Lipinski definition) is 3. The Morgan fingerprint density at radius 1 is 1.08 bits per heavy atom. The van der Waals surface area contributed by atoms with E-state index in [0.717, 1.165) is 31.8 Å². The topological polar surface area (TPSA) is 48.7 Å². The normalized spacial score (nSPS) is 18.8. The van der Waals surface area contributed by atoms with E-state index in [-0.39, 0.29) is 12.1 Å². The van der Waals surface area contributed by atoms with E-state index < -0.39 is 0 Å². The fourth-order valence-electron chi connectivity index (χ4n) is 3.91. The van der Waals surface area contributed by atoms with E-state index in [4.69, 9.17) is 4.42 Å². The number of nitrogens with zero attached hydrogens (tertiary/aromatic N) is 2. The van der Waals surface area contributed by atoms with Crippen molar-refractivity contribution in [3.63, 3.8) is 0 Å². The largest absolute Gasteiger partial charge is 0.468 e. The van der Waals surface area contributed by atoms with E-state index in [0.29, 0.717) is 13.1 Å². The number of urea groups is 1. The third-order valence-corrected chi connectivity index (χ3v) is 5.32. The Labute approximate surface area is 148 Å². The van der Waals surface area contributed by atoms with Crippen molar-refractivity contribution in [1.29, 1.82) is 0 Å². The number of benzene rings is 1. The number of likely N-dealkylation sites (tertiary alicyclic amines) is 1. The van der Waals surface area contributed by atoms with Crippen molar-refractivity contribution < 1.29 is 9.21 Å². The van der Waals surface area contributed by atoms with E-state index in [1.165, 1.54) is 24.0 Å². The summed E-state index contributed by atoms with van der Waals surface area (Å²) in [6.07, 6.45) is 5.07. The van der Waals surface area contributed by atoms with Crippen LogP contribution in [-0.2, 0) is 13.0 Å². The molecule has 2 aliphatic heterocycles. The molecule has 5 heteroatoms. The molecule has 0 radical (unpaired) electrons. The van der Waals surface area contributed by atoms with Crippen LogP contribution in [0.3, 0.4) is 0 Å². The zero-order chi connectivity index (χ0) is 17.1. The van der Waals surface area contributed by atoms with Gasteiger partial charge in [-0.3, -0.25) is 4.90 Å². The van der Waals surface area contributed by atoms with Crippen molar-refractivity contribution >= 4 is 6.03 Å². The molecule has 2 amide bonds. The number of hydrogen-bond donors (Lipinski definition) is 1. The van der Waals surface area contributed by atoms with Gasteiger partial charge in [-0.15, -0.1) is 0 Å². The summed E-state index contributed by atoms with van der Waals surface area (Å²) in [4.78, 5) is 17.0. The number of carbonyl (C=O) groups excluding carboxylic acids is 1. The molecule has 0 aliphatic carbocycles. The number of amides is 2. The minimum Gasteiger partial charge on any atom is -0.468 e. The van der Waals surface area contributed by atoms with Gasteiger partial charge in [0.2, 0.25) is 0 Å². The summed E-state index contributed by atoms with van der Waals surface area (Å²) >= 11 is 0. The highest BCUT2D eigenvalue weighted by molar-refractivity contribution is 5.74. The molecule has 1 saturated heterocycles. The molecule has 4 rings (SSSR count). The molecular formula is C20H25N3O2. The molecule has 0 unspecified atom stereocenters. The summed E-state index contributed by atoms with van der Waals surface area (Å²) in [7, 11) is 0. The number of nitrogens with one attached hydrogen (secondary N) is 1. The monoisotopic (exact) mass is 339 g/mol.